The van der Waals surface area contributed by atoms with Crippen molar-refractivity contribution in [2.45, 2.75) is 6.10 Å². The minimum absolute atomic E-state index is 0.355. The summed E-state index contributed by atoms with van der Waals surface area (Å²) in [5.41, 5.74) is 3.89. The number of thiophene rings is 1. The molecule has 1 nitrogen and oxygen atoms in total. The van der Waals surface area contributed by atoms with Crippen LogP contribution in [0.1, 0.15) is 11.7 Å². The molecule has 0 bridgehead atoms. The van der Waals surface area contributed by atoms with E-state index in [2.05, 4.69) is 41.1 Å². The molecule has 0 spiro atoms. The van der Waals surface area contributed by atoms with Crippen molar-refractivity contribution >= 4 is 11.3 Å². The first-order chi connectivity index (χ1) is 6.93. The number of hydrogen-bond acceptors (Lipinski definition) is 2. The van der Waals surface area contributed by atoms with Crippen molar-refractivity contribution in [3.8, 4) is 11.1 Å². The van der Waals surface area contributed by atoms with Crippen molar-refractivity contribution in [1.29, 1.82) is 0 Å². The molecule has 1 fully saturated rings. The second-order valence-electron chi connectivity index (χ2n) is 3.46. The second kappa shape index (κ2) is 3.23. The van der Waals surface area contributed by atoms with Gasteiger partial charge in [0.15, 0.2) is 0 Å². The van der Waals surface area contributed by atoms with Gasteiger partial charge in [0.1, 0.15) is 6.10 Å². The van der Waals surface area contributed by atoms with Crippen LogP contribution in [0.15, 0.2) is 41.1 Å². The summed E-state index contributed by atoms with van der Waals surface area (Å²) in [6.07, 6.45) is 0.355. The first kappa shape index (κ1) is 8.21. The van der Waals surface area contributed by atoms with E-state index in [9.17, 15) is 0 Å². The Morgan fingerprint density at radius 2 is 2.14 bits per heavy atom. The summed E-state index contributed by atoms with van der Waals surface area (Å²) in [7, 11) is 0. The first-order valence-corrected chi connectivity index (χ1v) is 5.62. The fourth-order valence-electron chi connectivity index (χ4n) is 1.59. The van der Waals surface area contributed by atoms with Gasteiger partial charge in [-0.15, -0.1) is 0 Å². The molecule has 70 valence electrons. The van der Waals surface area contributed by atoms with Crippen LogP contribution in [0.5, 0.6) is 0 Å². The van der Waals surface area contributed by atoms with Gasteiger partial charge < -0.3 is 4.74 Å². The van der Waals surface area contributed by atoms with Crippen molar-refractivity contribution in [3.63, 3.8) is 0 Å². The molecule has 1 aromatic carbocycles. The average Bonchev–Trinajstić information content (AvgIpc) is 2.94. The molecule has 0 aliphatic carbocycles. The number of rotatable bonds is 2. The van der Waals surface area contributed by atoms with E-state index in [1.54, 1.807) is 11.3 Å². The number of hydrogen-bond donors (Lipinski definition) is 0. The molecular weight excluding hydrogens is 192 g/mol. The van der Waals surface area contributed by atoms with E-state index in [1.807, 2.05) is 0 Å². The molecule has 0 amide bonds. The van der Waals surface area contributed by atoms with Gasteiger partial charge in [0, 0.05) is 0 Å². The van der Waals surface area contributed by atoms with Crippen molar-refractivity contribution < 1.29 is 4.74 Å². The van der Waals surface area contributed by atoms with Crippen LogP contribution < -0.4 is 0 Å². The van der Waals surface area contributed by atoms with E-state index >= 15 is 0 Å². The van der Waals surface area contributed by atoms with E-state index in [0.717, 1.165) is 6.61 Å². The summed E-state index contributed by atoms with van der Waals surface area (Å²) in [6.45, 7) is 0.882. The number of epoxide rings is 1. The fraction of sp³-hybridized carbons (Fsp3) is 0.167. The van der Waals surface area contributed by atoms with Gasteiger partial charge in [-0.05, 0) is 39.6 Å². The topological polar surface area (TPSA) is 12.5 Å². The van der Waals surface area contributed by atoms with Crippen LogP contribution in [-0.2, 0) is 4.74 Å². The van der Waals surface area contributed by atoms with Gasteiger partial charge in [0.25, 0.3) is 0 Å². The molecule has 0 N–H and O–H groups in total. The molecule has 0 saturated carbocycles. The van der Waals surface area contributed by atoms with Gasteiger partial charge in [-0.1, -0.05) is 18.2 Å². The molecule has 1 unspecified atom stereocenters. The molecule has 0 radical (unpaired) electrons. The van der Waals surface area contributed by atoms with Crippen LogP contribution in [0.4, 0.5) is 0 Å². The molecule has 2 heterocycles. The zero-order valence-corrected chi connectivity index (χ0v) is 8.46. The van der Waals surface area contributed by atoms with Crippen LogP contribution in [-0.4, -0.2) is 6.61 Å². The van der Waals surface area contributed by atoms with Gasteiger partial charge in [-0.3, -0.25) is 0 Å². The summed E-state index contributed by atoms with van der Waals surface area (Å²) in [5, 5.41) is 4.28. The molecule has 1 aromatic heterocycles. The average molecular weight is 202 g/mol. The van der Waals surface area contributed by atoms with Crippen LogP contribution in [0.3, 0.4) is 0 Å². The Balaban J connectivity index is 2.02. The lowest BCUT2D eigenvalue weighted by Crippen LogP contribution is -1.81. The Morgan fingerprint density at radius 3 is 2.86 bits per heavy atom. The molecular formula is C12H10OS. The molecule has 1 aliphatic rings. The quantitative estimate of drug-likeness (QED) is 0.679. The maximum absolute atomic E-state index is 5.27. The van der Waals surface area contributed by atoms with Gasteiger partial charge in [-0.25, -0.2) is 0 Å². The highest BCUT2D eigenvalue weighted by Gasteiger charge is 2.24. The lowest BCUT2D eigenvalue weighted by molar-refractivity contribution is 0.415. The van der Waals surface area contributed by atoms with Crippen molar-refractivity contribution in [1.82, 2.24) is 0 Å². The highest BCUT2D eigenvalue weighted by molar-refractivity contribution is 7.08. The molecule has 1 saturated heterocycles. The SMILES string of the molecule is c1cc(-c2ccsc2)cc(C2CO2)c1. The van der Waals surface area contributed by atoms with Gasteiger partial charge >= 0.3 is 0 Å². The summed E-state index contributed by atoms with van der Waals surface area (Å²) in [6, 6.07) is 10.8. The number of ether oxygens (including phenoxy) is 1. The Bertz CT molecular complexity index is 429. The van der Waals surface area contributed by atoms with Crippen LogP contribution in [0, 0.1) is 0 Å². The third-order valence-electron chi connectivity index (χ3n) is 2.45. The molecule has 1 aliphatic heterocycles. The standard InChI is InChI=1S/C12H10OS/c1-2-9(11-4-5-14-8-11)6-10(3-1)12-7-13-12/h1-6,8,12H,7H2. The molecule has 3 rings (SSSR count). The highest BCUT2D eigenvalue weighted by Crippen LogP contribution is 2.32. The Hall–Kier alpha value is -1.12. The third-order valence-corrected chi connectivity index (χ3v) is 3.13. The maximum Gasteiger partial charge on any atom is 0.106 e. The predicted octanol–water partition coefficient (Wildman–Crippen LogP) is 3.49. The monoisotopic (exact) mass is 202 g/mol. The van der Waals surface area contributed by atoms with E-state index < -0.39 is 0 Å². The largest absolute Gasteiger partial charge is 0.368 e. The predicted molar refractivity (Wildman–Crippen MR) is 58.4 cm³/mol. The third kappa shape index (κ3) is 1.47. The minimum atomic E-state index is 0.355. The molecule has 1 atom stereocenters. The zero-order chi connectivity index (χ0) is 9.38. The van der Waals surface area contributed by atoms with Crippen molar-refractivity contribution in [2.75, 3.05) is 6.61 Å². The van der Waals surface area contributed by atoms with Gasteiger partial charge in [-0.2, -0.15) is 11.3 Å². The summed E-state index contributed by atoms with van der Waals surface area (Å²) < 4.78 is 5.27. The van der Waals surface area contributed by atoms with Crippen LogP contribution in [0.25, 0.3) is 11.1 Å². The fourth-order valence-corrected chi connectivity index (χ4v) is 2.25. The molecule has 2 heteroatoms. The lowest BCUT2D eigenvalue weighted by Gasteiger charge is -2.00. The van der Waals surface area contributed by atoms with Gasteiger partial charge in [0.2, 0.25) is 0 Å². The van der Waals surface area contributed by atoms with E-state index in [1.165, 1.54) is 16.7 Å². The lowest BCUT2D eigenvalue weighted by atomic mass is 10.0. The number of benzene rings is 1. The normalized spacial score (nSPS) is 19.6. The van der Waals surface area contributed by atoms with Crippen molar-refractivity contribution in [2.24, 2.45) is 0 Å². The van der Waals surface area contributed by atoms with Crippen LogP contribution in [0.2, 0.25) is 0 Å². The Labute approximate surface area is 87.0 Å². The highest BCUT2D eigenvalue weighted by atomic mass is 32.1. The van der Waals surface area contributed by atoms with Crippen LogP contribution >= 0.6 is 11.3 Å². The zero-order valence-electron chi connectivity index (χ0n) is 7.64. The Kier molecular flexibility index (Phi) is 1.89. The van der Waals surface area contributed by atoms with Gasteiger partial charge in [0.05, 0.1) is 6.61 Å². The van der Waals surface area contributed by atoms with Crippen molar-refractivity contribution in [3.05, 3.63) is 46.7 Å². The summed E-state index contributed by atoms with van der Waals surface area (Å²) in [5.74, 6) is 0. The second-order valence-corrected chi connectivity index (χ2v) is 4.24. The van der Waals surface area contributed by atoms with E-state index in [4.69, 9.17) is 4.74 Å². The summed E-state index contributed by atoms with van der Waals surface area (Å²) in [4.78, 5) is 0. The van der Waals surface area contributed by atoms with E-state index in [0.29, 0.717) is 6.10 Å². The Morgan fingerprint density at radius 1 is 1.21 bits per heavy atom. The minimum Gasteiger partial charge on any atom is -0.368 e. The first-order valence-electron chi connectivity index (χ1n) is 4.67. The smallest absolute Gasteiger partial charge is 0.106 e. The summed E-state index contributed by atoms with van der Waals surface area (Å²) >= 11 is 1.73. The molecule has 14 heavy (non-hydrogen) atoms. The maximum atomic E-state index is 5.27. The molecule has 2 aromatic rings. The van der Waals surface area contributed by atoms with E-state index in [-0.39, 0.29) is 0 Å².